The first-order chi connectivity index (χ1) is 21.3. The number of nitrogens with one attached hydrogen (secondary N) is 1. The van der Waals surface area contributed by atoms with Crippen LogP contribution in [-0.4, -0.2) is 49.2 Å². The van der Waals surface area contributed by atoms with Crippen LogP contribution in [0.5, 0.6) is 5.75 Å². The highest BCUT2D eigenvalue weighted by Crippen LogP contribution is 2.32. The lowest BCUT2D eigenvalue weighted by Gasteiger charge is -2.26. The van der Waals surface area contributed by atoms with E-state index in [1.165, 1.54) is 7.11 Å². The minimum Gasteiger partial charge on any atom is -0.497 e. The van der Waals surface area contributed by atoms with Crippen molar-refractivity contribution in [3.63, 3.8) is 0 Å². The molecule has 0 saturated carbocycles. The number of hydrogen-bond donors (Lipinski definition) is 1. The number of benzene rings is 1. The van der Waals surface area contributed by atoms with Crippen molar-refractivity contribution in [1.82, 2.24) is 29.5 Å². The molecule has 240 valence electrons. The van der Waals surface area contributed by atoms with E-state index in [2.05, 4.69) is 25.5 Å². The van der Waals surface area contributed by atoms with Gasteiger partial charge in [-0.05, 0) is 37.5 Å². The maximum absolute atomic E-state index is 14.0. The van der Waals surface area contributed by atoms with Crippen molar-refractivity contribution >= 4 is 11.6 Å². The van der Waals surface area contributed by atoms with Crippen molar-refractivity contribution in [2.24, 2.45) is 0 Å². The molecule has 4 heterocycles. The van der Waals surface area contributed by atoms with Crippen molar-refractivity contribution in [1.29, 1.82) is 0 Å². The van der Waals surface area contributed by atoms with Gasteiger partial charge in [-0.3, -0.25) is 9.48 Å². The fourth-order valence-corrected chi connectivity index (χ4v) is 5.07. The Morgan fingerprint density at radius 1 is 1.02 bits per heavy atom. The smallest absolute Gasteiger partial charge is 0.423 e. The van der Waals surface area contributed by atoms with E-state index in [-0.39, 0.29) is 18.2 Å². The number of alkyl halides is 6. The molecule has 1 aliphatic heterocycles. The number of ether oxygens (including phenoxy) is 1. The summed E-state index contributed by atoms with van der Waals surface area (Å²) in [5.41, 5.74) is -1.50. The van der Waals surface area contributed by atoms with E-state index in [0.29, 0.717) is 50.2 Å². The first-order valence-electron chi connectivity index (χ1n) is 14.1. The molecule has 3 aromatic heterocycles. The molecular formula is C29H30F6N8O2. The standard InChI is InChI=1S/C29H30F6N8O2/c1-18(39-24-14-38-43(26(44)25(24)29(33,34)35)15-19-5-7-22(45-2)8-6-19)4-3-10-42-17-20-16-41(11-9-23(20)40-42)27-36-12-21(13-37-27)28(30,31)32/h5-8,12-14,17-18,39H,3-4,9-11,15-16H2,1-2H3/t18-/m0/s1. The molecule has 0 amide bonds. The summed E-state index contributed by atoms with van der Waals surface area (Å²) >= 11 is 0. The zero-order valence-electron chi connectivity index (χ0n) is 24.4. The van der Waals surface area contributed by atoms with E-state index in [0.717, 1.165) is 34.5 Å². The molecule has 0 spiro atoms. The van der Waals surface area contributed by atoms with Crippen molar-refractivity contribution in [3.05, 3.63) is 87.4 Å². The van der Waals surface area contributed by atoms with E-state index in [1.807, 2.05) is 6.20 Å². The summed E-state index contributed by atoms with van der Waals surface area (Å²) in [4.78, 5) is 22.4. The second-order valence-corrected chi connectivity index (χ2v) is 10.7. The van der Waals surface area contributed by atoms with Crippen LogP contribution >= 0.6 is 0 Å². The summed E-state index contributed by atoms with van der Waals surface area (Å²) in [5.74, 6) is 0.775. The number of nitrogens with zero attached hydrogens (tertiary/aromatic N) is 7. The lowest BCUT2D eigenvalue weighted by Crippen LogP contribution is -2.33. The Bertz CT molecular complexity index is 1670. The maximum Gasteiger partial charge on any atom is 0.423 e. The highest BCUT2D eigenvalue weighted by Gasteiger charge is 2.38. The summed E-state index contributed by atoms with van der Waals surface area (Å²) in [7, 11) is 1.49. The lowest BCUT2D eigenvalue weighted by atomic mass is 10.1. The second kappa shape index (κ2) is 12.8. The fourth-order valence-electron chi connectivity index (χ4n) is 5.07. The highest BCUT2D eigenvalue weighted by atomic mass is 19.4. The van der Waals surface area contributed by atoms with Crippen molar-refractivity contribution in [2.75, 3.05) is 23.9 Å². The van der Waals surface area contributed by atoms with Crippen LogP contribution in [0.2, 0.25) is 0 Å². The summed E-state index contributed by atoms with van der Waals surface area (Å²) < 4.78 is 88.1. The monoisotopic (exact) mass is 636 g/mol. The Balaban J connectivity index is 1.18. The predicted octanol–water partition coefficient (Wildman–Crippen LogP) is 5.17. The number of methoxy groups -OCH3 is 1. The molecule has 16 heteroatoms. The summed E-state index contributed by atoms with van der Waals surface area (Å²) in [5, 5.41) is 11.4. The molecule has 1 atom stereocenters. The average molecular weight is 637 g/mol. The number of anilines is 2. The third kappa shape index (κ3) is 7.54. The molecule has 0 saturated heterocycles. The zero-order chi connectivity index (χ0) is 32.4. The molecule has 0 aliphatic carbocycles. The topological polar surface area (TPSA) is 103 Å². The minimum absolute atomic E-state index is 0.134. The van der Waals surface area contributed by atoms with Gasteiger partial charge < -0.3 is 15.0 Å². The van der Waals surface area contributed by atoms with Crippen LogP contribution in [0.4, 0.5) is 38.0 Å². The van der Waals surface area contributed by atoms with Gasteiger partial charge in [-0.25, -0.2) is 14.6 Å². The van der Waals surface area contributed by atoms with E-state index in [4.69, 9.17) is 4.74 Å². The number of rotatable bonds is 10. The predicted molar refractivity (Wildman–Crippen MR) is 152 cm³/mol. The SMILES string of the molecule is COc1ccc(Cn2ncc(N[C@@H](C)CCCn3cc4c(n3)CCN(c3ncc(C(F)(F)F)cn3)C4)c(C(F)(F)F)c2=O)cc1. The lowest BCUT2D eigenvalue weighted by molar-refractivity contribution is -0.139. The highest BCUT2D eigenvalue weighted by molar-refractivity contribution is 5.50. The molecule has 1 N–H and O–H groups in total. The summed E-state index contributed by atoms with van der Waals surface area (Å²) in [6.45, 7) is 2.95. The van der Waals surface area contributed by atoms with Crippen molar-refractivity contribution in [2.45, 2.75) is 64.2 Å². The maximum atomic E-state index is 14.0. The fraction of sp³-hybridized carbons (Fsp3) is 0.414. The molecular weight excluding hydrogens is 606 g/mol. The van der Waals surface area contributed by atoms with E-state index in [1.54, 1.807) is 40.8 Å². The average Bonchev–Trinajstić information content (AvgIpc) is 3.40. The Morgan fingerprint density at radius 3 is 2.38 bits per heavy atom. The minimum atomic E-state index is -4.89. The van der Waals surface area contributed by atoms with Crippen LogP contribution in [0.15, 0.2) is 53.8 Å². The van der Waals surface area contributed by atoms with E-state index in [9.17, 15) is 31.1 Å². The Kier molecular flexibility index (Phi) is 9.02. The van der Waals surface area contributed by atoms with Crippen LogP contribution in [0.1, 0.15) is 47.7 Å². The number of aromatic nitrogens is 6. The second-order valence-electron chi connectivity index (χ2n) is 10.7. The summed E-state index contributed by atoms with van der Waals surface area (Å²) in [6, 6.07) is 6.17. The third-order valence-corrected chi connectivity index (χ3v) is 7.40. The van der Waals surface area contributed by atoms with Crippen LogP contribution in [-0.2, 0) is 38.4 Å². The van der Waals surface area contributed by atoms with Gasteiger partial charge in [0, 0.05) is 56.3 Å². The molecule has 45 heavy (non-hydrogen) atoms. The third-order valence-electron chi connectivity index (χ3n) is 7.40. The van der Waals surface area contributed by atoms with Gasteiger partial charge in [0.1, 0.15) is 11.3 Å². The van der Waals surface area contributed by atoms with Crippen LogP contribution in [0, 0.1) is 0 Å². The van der Waals surface area contributed by atoms with Gasteiger partial charge >= 0.3 is 12.4 Å². The first kappa shape index (κ1) is 31.8. The Hall–Kier alpha value is -4.63. The number of fused-ring (bicyclic) bond motifs is 1. The van der Waals surface area contributed by atoms with Gasteiger partial charge in [-0.15, -0.1) is 0 Å². The molecule has 1 aromatic carbocycles. The molecule has 4 aromatic rings. The molecule has 0 unspecified atom stereocenters. The van der Waals surface area contributed by atoms with Gasteiger partial charge in [0.25, 0.3) is 5.56 Å². The molecule has 0 bridgehead atoms. The molecule has 0 radical (unpaired) electrons. The molecule has 1 aliphatic rings. The quantitative estimate of drug-likeness (QED) is 0.238. The van der Waals surface area contributed by atoms with Crippen LogP contribution in [0.3, 0.4) is 0 Å². The van der Waals surface area contributed by atoms with Gasteiger partial charge in [-0.1, -0.05) is 12.1 Å². The van der Waals surface area contributed by atoms with Gasteiger partial charge in [0.15, 0.2) is 0 Å². The zero-order valence-corrected chi connectivity index (χ0v) is 24.4. The van der Waals surface area contributed by atoms with Crippen molar-refractivity contribution in [3.8, 4) is 5.75 Å². The number of aryl methyl sites for hydroxylation is 1. The Labute approximate surface area is 253 Å². The molecule has 10 nitrogen and oxygen atoms in total. The van der Waals surface area contributed by atoms with Gasteiger partial charge in [-0.2, -0.15) is 36.5 Å². The first-order valence-corrected chi connectivity index (χ1v) is 14.1. The van der Waals surface area contributed by atoms with E-state index >= 15 is 0 Å². The van der Waals surface area contributed by atoms with Gasteiger partial charge in [0.2, 0.25) is 5.95 Å². The number of hydrogen-bond acceptors (Lipinski definition) is 8. The van der Waals surface area contributed by atoms with Crippen LogP contribution < -0.4 is 20.5 Å². The Morgan fingerprint density at radius 2 is 1.73 bits per heavy atom. The van der Waals surface area contributed by atoms with Gasteiger partial charge in [0.05, 0.1) is 36.8 Å². The molecule has 0 fully saturated rings. The largest absolute Gasteiger partial charge is 0.497 e. The normalized spacial score (nSPS) is 14.3. The summed E-state index contributed by atoms with van der Waals surface area (Å²) in [6.07, 6.45) is -3.41. The van der Waals surface area contributed by atoms with Crippen molar-refractivity contribution < 1.29 is 31.1 Å². The molecule has 5 rings (SSSR count). The van der Waals surface area contributed by atoms with Crippen LogP contribution in [0.25, 0.3) is 0 Å². The van der Waals surface area contributed by atoms with E-state index < -0.39 is 35.1 Å². The number of halogens is 6.